The van der Waals surface area contributed by atoms with E-state index in [-0.39, 0.29) is 11.7 Å². The number of hydrogen-bond donors (Lipinski definition) is 2. The lowest BCUT2D eigenvalue weighted by Crippen LogP contribution is -2.45. The molecular weight excluding hydrogens is 284 g/mol. The molecule has 0 aliphatic carbocycles. The van der Waals surface area contributed by atoms with Gasteiger partial charge in [0.15, 0.2) is 0 Å². The van der Waals surface area contributed by atoms with Gasteiger partial charge in [0.25, 0.3) is 5.91 Å². The smallest absolute Gasteiger partial charge is 0.269 e. The van der Waals surface area contributed by atoms with Crippen LogP contribution in [-0.4, -0.2) is 29.1 Å². The van der Waals surface area contributed by atoms with Crippen LogP contribution in [0, 0.1) is 0 Å². The standard InChI is InChI=1S/C12H15BrN2O2/c13-9-4-5-10(11(16)8-9)12(17)14-15-6-2-1-3-7-15/h4-5,8,16H,1-3,6-7H2,(H,14,17). The van der Waals surface area contributed by atoms with Crippen molar-refractivity contribution in [1.82, 2.24) is 10.4 Å². The van der Waals surface area contributed by atoms with Gasteiger partial charge < -0.3 is 5.11 Å². The molecule has 1 aromatic carbocycles. The number of phenols is 1. The summed E-state index contributed by atoms with van der Waals surface area (Å²) in [4.78, 5) is 11.9. The lowest BCUT2D eigenvalue weighted by atomic mass is 10.1. The van der Waals surface area contributed by atoms with Gasteiger partial charge in [0.1, 0.15) is 5.75 Å². The molecule has 0 atom stereocenters. The average molecular weight is 299 g/mol. The van der Waals surface area contributed by atoms with Crippen molar-refractivity contribution >= 4 is 21.8 Å². The second-order valence-corrected chi connectivity index (χ2v) is 5.07. The number of hydrogen-bond acceptors (Lipinski definition) is 3. The number of amides is 1. The number of nitrogens with one attached hydrogen (secondary N) is 1. The third-order valence-corrected chi connectivity index (χ3v) is 3.31. The fourth-order valence-electron chi connectivity index (χ4n) is 1.91. The molecule has 0 radical (unpaired) electrons. The highest BCUT2D eigenvalue weighted by Gasteiger charge is 2.16. The zero-order valence-corrected chi connectivity index (χ0v) is 11.0. The Balaban J connectivity index is 2.03. The topological polar surface area (TPSA) is 52.6 Å². The van der Waals surface area contributed by atoms with Crippen LogP contribution in [0.25, 0.3) is 0 Å². The molecule has 2 rings (SSSR count). The van der Waals surface area contributed by atoms with Crippen molar-refractivity contribution in [3.05, 3.63) is 28.2 Å². The zero-order chi connectivity index (χ0) is 12.3. The molecule has 0 unspecified atom stereocenters. The van der Waals surface area contributed by atoms with Gasteiger partial charge in [-0.3, -0.25) is 10.2 Å². The van der Waals surface area contributed by atoms with Crippen molar-refractivity contribution in [2.75, 3.05) is 13.1 Å². The predicted octanol–water partition coefficient (Wildman–Crippen LogP) is 2.29. The monoisotopic (exact) mass is 298 g/mol. The number of carbonyl (C=O) groups excluding carboxylic acids is 1. The fourth-order valence-corrected chi connectivity index (χ4v) is 2.26. The molecule has 17 heavy (non-hydrogen) atoms. The van der Waals surface area contributed by atoms with E-state index in [2.05, 4.69) is 21.4 Å². The zero-order valence-electron chi connectivity index (χ0n) is 9.45. The largest absolute Gasteiger partial charge is 0.507 e. The summed E-state index contributed by atoms with van der Waals surface area (Å²) in [6, 6.07) is 4.87. The maximum Gasteiger partial charge on any atom is 0.269 e. The molecule has 92 valence electrons. The van der Waals surface area contributed by atoms with E-state index in [0.717, 1.165) is 30.4 Å². The third kappa shape index (κ3) is 3.20. The normalized spacial score (nSPS) is 16.8. The maximum atomic E-state index is 11.9. The SMILES string of the molecule is O=C(NN1CCCCC1)c1ccc(Br)cc1O. The predicted molar refractivity (Wildman–Crippen MR) is 68.7 cm³/mol. The molecule has 1 fully saturated rings. The van der Waals surface area contributed by atoms with E-state index >= 15 is 0 Å². The molecule has 1 saturated heterocycles. The number of hydrazine groups is 1. The first kappa shape index (κ1) is 12.4. The number of nitrogens with zero attached hydrogens (tertiary/aromatic N) is 1. The minimum absolute atomic E-state index is 0.00566. The number of aromatic hydroxyl groups is 1. The Morgan fingerprint density at radius 2 is 2.00 bits per heavy atom. The van der Waals surface area contributed by atoms with Crippen LogP contribution in [0.4, 0.5) is 0 Å². The van der Waals surface area contributed by atoms with Crippen molar-refractivity contribution < 1.29 is 9.90 Å². The van der Waals surface area contributed by atoms with Gasteiger partial charge in [0.2, 0.25) is 0 Å². The Kier molecular flexibility index (Phi) is 4.02. The summed E-state index contributed by atoms with van der Waals surface area (Å²) in [5.74, 6) is -0.259. The molecule has 1 heterocycles. The van der Waals surface area contributed by atoms with E-state index in [9.17, 15) is 9.90 Å². The summed E-state index contributed by atoms with van der Waals surface area (Å²) in [6.45, 7) is 1.76. The molecule has 4 nitrogen and oxygen atoms in total. The van der Waals surface area contributed by atoms with Crippen LogP contribution in [0.2, 0.25) is 0 Å². The Morgan fingerprint density at radius 1 is 1.29 bits per heavy atom. The molecule has 5 heteroatoms. The first-order chi connectivity index (χ1) is 8.16. The van der Waals surface area contributed by atoms with E-state index in [0.29, 0.717) is 5.56 Å². The summed E-state index contributed by atoms with van der Waals surface area (Å²) in [5.41, 5.74) is 3.12. The number of piperidine rings is 1. The van der Waals surface area contributed by atoms with Crippen LogP contribution >= 0.6 is 15.9 Å². The molecule has 1 aromatic rings. The molecule has 0 bridgehead atoms. The van der Waals surface area contributed by atoms with Crippen LogP contribution in [0.15, 0.2) is 22.7 Å². The van der Waals surface area contributed by atoms with E-state index in [1.54, 1.807) is 12.1 Å². The molecular formula is C12H15BrN2O2. The maximum absolute atomic E-state index is 11.9. The second-order valence-electron chi connectivity index (χ2n) is 4.15. The lowest BCUT2D eigenvalue weighted by Gasteiger charge is -2.26. The van der Waals surface area contributed by atoms with E-state index < -0.39 is 0 Å². The summed E-state index contributed by atoms with van der Waals surface area (Å²) in [6.07, 6.45) is 3.43. The highest BCUT2D eigenvalue weighted by atomic mass is 79.9. The number of benzene rings is 1. The molecule has 1 aliphatic rings. The van der Waals surface area contributed by atoms with Gasteiger partial charge in [-0.2, -0.15) is 0 Å². The first-order valence-corrected chi connectivity index (χ1v) is 6.50. The Bertz CT molecular complexity index is 417. The van der Waals surface area contributed by atoms with E-state index in [1.807, 2.05) is 5.01 Å². The number of rotatable bonds is 2. The van der Waals surface area contributed by atoms with Crippen LogP contribution in [-0.2, 0) is 0 Å². The van der Waals surface area contributed by atoms with Crippen molar-refractivity contribution in [3.63, 3.8) is 0 Å². The number of phenolic OH excluding ortho intramolecular Hbond substituents is 1. The van der Waals surface area contributed by atoms with Crippen molar-refractivity contribution in [1.29, 1.82) is 0 Å². The van der Waals surface area contributed by atoms with Crippen LogP contribution < -0.4 is 5.43 Å². The van der Waals surface area contributed by atoms with Gasteiger partial charge in [0, 0.05) is 17.6 Å². The minimum Gasteiger partial charge on any atom is -0.507 e. The second kappa shape index (κ2) is 5.51. The van der Waals surface area contributed by atoms with Gasteiger partial charge in [-0.05, 0) is 31.0 Å². The molecule has 0 spiro atoms. The quantitative estimate of drug-likeness (QED) is 0.881. The van der Waals surface area contributed by atoms with Crippen LogP contribution in [0.1, 0.15) is 29.6 Å². The Morgan fingerprint density at radius 3 is 2.65 bits per heavy atom. The van der Waals surface area contributed by atoms with Gasteiger partial charge in [0.05, 0.1) is 5.56 Å². The van der Waals surface area contributed by atoms with Gasteiger partial charge in [-0.25, -0.2) is 5.01 Å². The minimum atomic E-state index is -0.253. The van der Waals surface area contributed by atoms with Crippen molar-refractivity contribution in [2.24, 2.45) is 0 Å². The summed E-state index contributed by atoms with van der Waals surface area (Å²) in [5, 5.41) is 11.6. The van der Waals surface area contributed by atoms with Crippen molar-refractivity contribution in [2.45, 2.75) is 19.3 Å². The molecule has 1 amide bonds. The van der Waals surface area contributed by atoms with Gasteiger partial charge in [-0.1, -0.05) is 22.4 Å². The number of carbonyl (C=O) groups is 1. The van der Waals surface area contributed by atoms with E-state index in [1.165, 1.54) is 12.5 Å². The molecule has 0 saturated carbocycles. The average Bonchev–Trinajstić information content (AvgIpc) is 2.30. The van der Waals surface area contributed by atoms with Gasteiger partial charge in [-0.15, -0.1) is 0 Å². The summed E-state index contributed by atoms with van der Waals surface area (Å²) < 4.78 is 0.754. The summed E-state index contributed by atoms with van der Waals surface area (Å²) in [7, 11) is 0. The van der Waals surface area contributed by atoms with E-state index in [4.69, 9.17) is 0 Å². The lowest BCUT2D eigenvalue weighted by molar-refractivity contribution is 0.0747. The molecule has 0 aromatic heterocycles. The third-order valence-electron chi connectivity index (χ3n) is 2.82. The molecule has 2 N–H and O–H groups in total. The highest BCUT2D eigenvalue weighted by molar-refractivity contribution is 9.10. The Hall–Kier alpha value is -1.07. The van der Waals surface area contributed by atoms with Crippen molar-refractivity contribution in [3.8, 4) is 5.75 Å². The van der Waals surface area contributed by atoms with Crippen LogP contribution in [0.3, 0.4) is 0 Å². The number of halogens is 1. The van der Waals surface area contributed by atoms with Crippen LogP contribution in [0.5, 0.6) is 5.75 Å². The summed E-state index contributed by atoms with van der Waals surface area (Å²) >= 11 is 3.24. The first-order valence-electron chi connectivity index (χ1n) is 5.71. The Labute approximate surface area is 109 Å². The van der Waals surface area contributed by atoms with Gasteiger partial charge >= 0.3 is 0 Å². The fraction of sp³-hybridized carbons (Fsp3) is 0.417. The molecule has 1 aliphatic heterocycles. The highest BCUT2D eigenvalue weighted by Crippen LogP contribution is 2.22.